The van der Waals surface area contributed by atoms with E-state index in [1.807, 2.05) is 18.4 Å². The fraction of sp³-hybridized carbons (Fsp3) is 0.304. The first-order valence-corrected chi connectivity index (χ1v) is 13.1. The van der Waals surface area contributed by atoms with E-state index in [4.69, 9.17) is 11.6 Å². The van der Waals surface area contributed by atoms with Crippen molar-refractivity contribution in [1.82, 2.24) is 9.62 Å². The Bertz CT molecular complexity index is 1120. The van der Waals surface area contributed by atoms with Crippen molar-refractivity contribution in [2.24, 2.45) is 0 Å². The van der Waals surface area contributed by atoms with Gasteiger partial charge in [0.2, 0.25) is 10.0 Å². The normalized spacial score (nSPS) is 17.3. The summed E-state index contributed by atoms with van der Waals surface area (Å²) in [6.07, 6.45) is 0. The average molecular weight is 494 g/mol. The number of sulfonamides is 1. The third-order valence-electron chi connectivity index (χ3n) is 5.67. The molecule has 32 heavy (non-hydrogen) atoms. The molecule has 1 aliphatic heterocycles. The molecule has 1 saturated heterocycles. The molecule has 4 rings (SSSR count). The van der Waals surface area contributed by atoms with Gasteiger partial charge in [0.15, 0.2) is 0 Å². The molecule has 0 aliphatic carbocycles. The van der Waals surface area contributed by atoms with E-state index < -0.39 is 10.0 Å². The second-order valence-electron chi connectivity index (χ2n) is 7.82. The molecule has 2 heterocycles. The lowest BCUT2D eigenvalue weighted by atomic mass is 10.1. The van der Waals surface area contributed by atoms with Crippen LogP contribution in [-0.4, -0.2) is 45.5 Å². The van der Waals surface area contributed by atoms with Gasteiger partial charge in [-0.25, -0.2) is 17.5 Å². The zero-order chi connectivity index (χ0) is 22.7. The monoisotopic (exact) mass is 493 g/mol. The average Bonchev–Trinajstić information content (AvgIpc) is 3.29. The fourth-order valence-electron chi connectivity index (χ4n) is 4.10. The highest BCUT2D eigenvalue weighted by Gasteiger charge is 2.32. The molecular formula is C23H25ClFN3O2S2. The summed E-state index contributed by atoms with van der Waals surface area (Å²) in [7, 11) is -3.69. The molecular weight excluding hydrogens is 469 g/mol. The Morgan fingerprint density at radius 2 is 1.66 bits per heavy atom. The summed E-state index contributed by atoms with van der Waals surface area (Å²) in [4.78, 5) is 5.86. The molecule has 1 aliphatic rings. The fourth-order valence-corrected chi connectivity index (χ4v) is 6.44. The Morgan fingerprint density at radius 3 is 2.25 bits per heavy atom. The van der Waals surface area contributed by atoms with E-state index in [1.54, 1.807) is 35.6 Å². The van der Waals surface area contributed by atoms with Crippen LogP contribution in [0, 0.1) is 5.82 Å². The largest absolute Gasteiger partial charge is 0.369 e. The van der Waals surface area contributed by atoms with Gasteiger partial charge in [-0.2, -0.15) is 0 Å². The van der Waals surface area contributed by atoms with Crippen LogP contribution in [0.1, 0.15) is 17.8 Å². The third kappa shape index (κ3) is 5.32. The number of anilines is 1. The highest BCUT2D eigenvalue weighted by Crippen LogP contribution is 2.31. The number of thiophene rings is 1. The second-order valence-corrected chi connectivity index (χ2v) is 11.0. The molecule has 0 spiro atoms. The number of hydrogen-bond donors (Lipinski definition) is 1. The Balaban J connectivity index is 1.49. The number of nitrogens with zero attached hydrogens (tertiary/aromatic N) is 2. The van der Waals surface area contributed by atoms with Crippen LogP contribution in [-0.2, 0) is 10.0 Å². The van der Waals surface area contributed by atoms with E-state index in [2.05, 4.69) is 20.6 Å². The standard InChI is InChI=1S/C23H25ClFN3O2S2/c1-17(26-32(29,30)21-10-4-18(24)5-11-21)23(22-3-2-16-31-22)28-14-12-27(13-15-28)20-8-6-19(25)7-9-20/h2-11,16-17,23,26H,12-15H2,1H3/t17-,23-/m0/s1. The molecule has 0 bridgehead atoms. The van der Waals surface area contributed by atoms with Gasteiger partial charge in [-0.15, -0.1) is 11.3 Å². The molecule has 0 amide bonds. The lowest BCUT2D eigenvalue weighted by molar-refractivity contribution is 0.164. The van der Waals surface area contributed by atoms with Crippen molar-refractivity contribution >= 4 is 38.6 Å². The van der Waals surface area contributed by atoms with Gasteiger partial charge >= 0.3 is 0 Å². The predicted octanol–water partition coefficient (Wildman–Crippen LogP) is 4.77. The Labute approximate surface area is 197 Å². The van der Waals surface area contributed by atoms with Crippen LogP contribution in [0.25, 0.3) is 0 Å². The van der Waals surface area contributed by atoms with Gasteiger partial charge in [0.25, 0.3) is 0 Å². The summed E-state index contributed by atoms with van der Waals surface area (Å²) in [6, 6.07) is 16.3. The smallest absolute Gasteiger partial charge is 0.240 e. The summed E-state index contributed by atoms with van der Waals surface area (Å²) >= 11 is 7.53. The molecule has 2 aromatic carbocycles. The van der Waals surface area contributed by atoms with E-state index >= 15 is 0 Å². The molecule has 0 radical (unpaired) electrons. The van der Waals surface area contributed by atoms with Crippen molar-refractivity contribution < 1.29 is 12.8 Å². The molecule has 9 heteroatoms. The molecule has 1 aromatic heterocycles. The molecule has 0 unspecified atom stereocenters. The van der Waals surface area contributed by atoms with Crippen molar-refractivity contribution in [3.05, 3.63) is 81.8 Å². The number of piperazine rings is 1. The van der Waals surface area contributed by atoms with Crippen LogP contribution in [0.5, 0.6) is 0 Å². The summed E-state index contributed by atoms with van der Waals surface area (Å²) in [6.45, 7) is 5.01. The van der Waals surface area contributed by atoms with Crippen LogP contribution in [0.2, 0.25) is 5.02 Å². The van der Waals surface area contributed by atoms with Crippen molar-refractivity contribution in [2.45, 2.75) is 23.9 Å². The van der Waals surface area contributed by atoms with Crippen molar-refractivity contribution in [3.8, 4) is 0 Å². The van der Waals surface area contributed by atoms with Crippen molar-refractivity contribution in [2.75, 3.05) is 31.1 Å². The molecule has 170 valence electrons. The van der Waals surface area contributed by atoms with Crippen molar-refractivity contribution in [1.29, 1.82) is 0 Å². The van der Waals surface area contributed by atoms with Crippen LogP contribution >= 0.6 is 22.9 Å². The number of hydrogen-bond acceptors (Lipinski definition) is 5. The second kappa shape index (κ2) is 9.89. The van der Waals surface area contributed by atoms with Crippen LogP contribution in [0.15, 0.2) is 70.9 Å². The third-order valence-corrected chi connectivity index (χ3v) is 8.44. The predicted molar refractivity (Wildman–Crippen MR) is 128 cm³/mol. The zero-order valence-electron chi connectivity index (χ0n) is 17.6. The van der Waals surface area contributed by atoms with E-state index in [1.165, 1.54) is 24.3 Å². The first-order valence-electron chi connectivity index (χ1n) is 10.4. The quantitative estimate of drug-likeness (QED) is 0.515. The summed E-state index contributed by atoms with van der Waals surface area (Å²) < 4.78 is 42.1. The lowest BCUT2D eigenvalue weighted by Crippen LogP contribution is -2.52. The van der Waals surface area contributed by atoms with Gasteiger partial charge in [0.05, 0.1) is 10.9 Å². The highest BCUT2D eigenvalue weighted by atomic mass is 35.5. The number of rotatable bonds is 7. The maximum absolute atomic E-state index is 13.3. The van der Waals surface area contributed by atoms with Crippen LogP contribution in [0.4, 0.5) is 10.1 Å². The number of benzene rings is 2. The maximum Gasteiger partial charge on any atom is 0.240 e. The lowest BCUT2D eigenvalue weighted by Gasteiger charge is -2.42. The van der Waals surface area contributed by atoms with Gasteiger partial charge in [0.1, 0.15) is 5.82 Å². The minimum Gasteiger partial charge on any atom is -0.369 e. The number of nitrogens with one attached hydrogen (secondary N) is 1. The van der Waals surface area contributed by atoms with Gasteiger partial charge in [-0.3, -0.25) is 4.90 Å². The summed E-state index contributed by atoms with van der Waals surface area (Å²) in [5, 5.41) is 2.50. The minimum absolute atomic E-state index is 0.0903. The van der Waals surface area contributed by atoms with Gasteiger partial charge < -0.3 is 4.90 Å². The molecule has 1 fully saturated rings. The zero-order valence-corrected chi connectivity index (χ0v) is 20.0. The van der Waals surface area contributed by atoms with Crippen LogP contribution in [0.3, 0.4) is 0 Å². The maximum atomic E-state index is 13.3. The van der Waals surface area contributed by atoms with E-state index in [9.17, 15) is 12.8 Å². The SMILES string of the molecule is C[C@H](NS(=O)(=O)c1ccc(Cl)cc1)[C@@H](c1cccs1)N1CCN(c2ccc(F)cc2)CC1. The first kappa shape index (κ1) is 23.2. The van der Waals surface area contributed by atoms with Crippen LogP contribution < -0.4 is 9.62 Å². The molecule has 5 nitrogen and oxygen atoms in total. The summed E-state index contributed by atoms with van der Waals surface area (Å²) in [5.41, 5.74) is 0.996. The summed E-state index contributed by atoms with van der Waals surface area (Å²) in [5.74, 6) is -0.244. The number of halogens is 2. The van der Waals surface area contributed by atoms with Crippen molar-refractivity contribution in [3.63, 3.8) is 0 Å². The van der Waals surface area contributed by atoms with E-state index in [0.29, 0.717) is 5.02 Å². The topological polar surface area (TPSA) is 52.7 Å². The minimum atomic E-state index is -3.69. The van der Waals surface area contributed by atoms with Gasteiger partial charge in [0, 0.05) is 47.8 Å². The molecule has 3 aromatic rings. The molecule has 1 N–H and O–H groups in total. The van der Waals surface area contributed by atoms with E-state index in [-0.39, 0.29) is 22.8 Å². The van der Waals surface area contributed by atoms with Gasteiger partial charge in [-0.1, -0.05) is 17.7 Å². The molecule has 0 saturated carbocycles. The first-order chi connectivity index (χ1) is 15.3. The van der Waals surface area contributed by atoms with E-state index in [0.717, 1.165) is 36.7 Å². The Kier molecular flexibility index (Phi) is 7.17. The Morgan fingerprint density at radius 1 is 1.00 bits per heavy atom. The highest BCUT2D eigenvalue weighted by molar-refractivity contribution is 7.89. The van der Waals surface area contributed by atoms with Gasteiger partial charge in [-0.05, 0) is 66.9 Å². The molecule has 2 atom stereocenters. The Hall–Kier alpha value is -1.97.